The summed E-state index contributed by atoms with van der Waals surface area (Å²) in [5.74, 6) is 0.145. The highest BCUT2D eigenvalue weighted by molar-refractivity contribution is 8.00. The van der Waals surface area contributed by atoms with Crippen molar-refractivity contribution in [3.63, 3.8) is 0 Å². The molecule has 1 saturated carbocycles. The van der Waals surface area contributed by atoms with E-state index < -0.39 is 0 Å². The van der Waals surface area contributed by atoms with Crippen LogP contribution < -0.4 is 10.6 Å². The first kappa shape index (κ1) is 21.5. The Morgan fingerprint density at radius 2 is 1.55 bits per heavy atom. The van der Waals surface area contributed by atoms with Gasteiger partial charge in [0, 0.05) is 22.3 Å². The number of halogens is 1. The highest BCUT2D eigenvalue weighted by Crippen LogP contribution is 2.36. The molecule has 4 rings (SSSR count). The van der Waals surface area contributed by atoms with Crippen LogP contribution in [0.2, 0.25) is 5.02 Å². The molecule has 0 heterocycles. The summed E-state index contributed by atoms with van der Waals surface area (Å²) >= 11 is 7.61. The Bertz CT molecular complexity index is 1040. The van der Waals surface area contributed by atoms with E-state index in [4.69, 9.17) is 11.6 Å². The Labute approximate surface area is 191 Å². The van der Waals surface area contributed by atoms with Crippen molar-refractivity contribution in [1.82, 2.24) is 5.32 Å². The van der Waals surface area contributed by atoms with E-state index in [0.717, 1.165) is 24.0 Å². The van der Waals surface area contributed by atoms with Gasteiger partial charge in [-0.05, 0) is 60.4 Å². The second-order valence-electron chi connectivity index (χ2n) is 7.53. The first-order valence-corrected chi connectivity index (χ1v) is 11.6. The summed E-state index contributed by atoms with van der Waals surface area (Å²) in [7, 11) is 0. The number of anilines is 1. The number of hydrogen-bond acceptors (Lipinski definition) is 3. The molecule has 0 radical (unpaired) electrons. The maximum atomic E-state index is 12.6. The molecule has 1 atom stereocenters. The fourth-order valence-electron chi connectivity index (χ4n) is 3.21. The van der Waals surface area contributed by atoms with Gasteiger partial charge in [0.2, 0.25) is 5.91 Å². The molecule has 1 unspecified atom stereocenters. The van der Waals surface area contributed by atoms with Gasteiger partial charge in [0.1, 0.15) is 0 Å². The normalized spacial score (nSPS) is 14.0. The Morgan fingerprint density at radius 1 is 0.903 bits per heavy atom. The van der Waals surface area contributed by atoms with Crippen molar-refractivity contribution in [3.05, 3.63) is 101 Å². The lowest BCUT2D eigenvalue weighted by atomic mass is 10.0. The van der Waals surface area contributed by atoms with Crippen LogP contribution in [0.1, 0.15) is 39.6 Å². The minimum absolute atomic E-state index is 0.0257. The van der Waals surface area contributed by atoms with Crippen LogP contribution in [0.3, 0.4) is 0 Å². The Morgan fingerprint density at radius 3 is 2.19 bits per heavy atom. The van der Waals surface area contributed by atoms with Crippen molar-refractivity contribution < 1.29 is 9.59 Å². The Hall–Kier alpha value is -2.76. The summed E-state index contributed by atoms with van der Waals surface area (Å²) in [4.78, 5) is 24.7. The van der Waals surface area contributed by atoms with E-state index in [1.165, 1.54) is 0 Å². The van der Waals surface area contributed by atoms with Gasteiger partial charge in [0.15, 0.2) is 0 Å². The van der Waals surface area contributed by atoms with Crippen LogP contribution in [0.25, 0.3) is 0 Å². The highest BCUT2D eigenvalue weighted by Gasteiger charge is 2.23. The Kier molecular flexibility index (Phi) is 6.95. The lowest BCUT2D eigenvalue weighted by Crippen LogP contribution is -2.25. The summed E-state index contributed by atoms with van der Waals surface area (Å²) in [6.07, 6.45) is 2.11. The van der Waals surface area contributed by atoms with Gasteiger partial charge < -0.3 is 10.6 Å². The molecule has 1 aliphatic rings. The van der Waals surface area contributed by atoms with Crippen molar-refractivity contribution >= 4 is 40.9 Å². The third-order valence-electron chi connectivity index (χ3n) is 5.00. The summed E-state index contributed by atoms with van der Waals surface area (Å²) in [5.41, 5.74) is 3.51. The molecule has 3 aromatic rings. The number of nitrogens with one attached hydrogen (secondary N) is 2. The van der Waals surface area contributed by atoms with Crippen molar-refractivity contribution in [1.29, 1.82) is 0 Å². The first-order chi connectivity index (χ1) is 15.1. The molecule has 0 saturated heterocycles. The minimum Gasteiger partial charge on any atom is -0.349 e. The predicted octanol–water partition coefficient (Wildman–Crippen LogP) is 5.69. The van der Waals surface area contributed by atoms with Crippen LogP contribution in [0.4, 0.5) is 5.69 Å². The van der Waals surface area contributed by atoms with E-state index in [9.17, 15) is 9.59 Å². The maximum Gasteiger partial charge on any atom is 0.251 e. The van der Waals surface area contributed by atoms with Gasteiger partial charge in [-0.1, -0.05) is 54.1 Å². The Balaban J connectivity index is 1.37. The van der Waals surface area contributed by atoms with Gasteiger partial charge in [-0.3, -0.25) is 9.59 Å². The molecule has 31 heavy (non-hydrogen) atoms. The van der Waals surface area contributed by atoms with Gasteiger partial charge in [-0.25, -0.2) is 0 Å². The van der Waals surface area contributed by atoms with Crippen LogP contribution >= 0.6 is 23.4 Å². The van der Waals surface area contributed by atoms with Crippen LogP contribution in [0, 0.1) is 0 Å². The highest BCUT2D eigenvalue weighted by atomic mass is 35.5. The standard InChI is InChI=1S/C25H23ClN2O2S/c26-20-10-6-18(7-11-20)24(17-4-2-1-3-5-17)31-16-23(29)27-21-12-8-19(9-13-21)25(30)28-22-14-15-22/h1-13,22,24H,14-16H2,(H,27,29)(H,28,30). The van der Waals surface area contributed by atoms with E-state index in [1.54, 1.807) is 36.0 Å². The average molecular weight is 451 g/mol. The number of rotatable bonds is 8. The van der Waals surface area contributed by atoms with Crippen LogP contribution in [-0.2, 0) is 4.79 Å². The quantitative estimate of drug-likeness (QED) is 0.463. The lowest BCUT2D eigenvalue weighted by Gasteiger charge is -2.18. The van der Waals surface area contributed by atoms with Crippen molar-refractivity contribution in [2.45, 2.75) is 24.1 Å². The SMILES string of the molecule is O=C(CSC(c1ccccc1)c1ccc(Cl)cc1)Nc1ccc(C(=O)NC2CC2)cc1. The third kappa shape index (κ3) is 6.12. The zero-order valence-electron chi connectivity index (χ0n) is 16.9. The fraction of sp³-hybridized carbons (Fsp3) is 0.200. The van der Waals surface area contributed by atoms with E-state index in [0.29, 0.717) is 28.1 Å². The molecule has 6 heteroatoms. The molecule has 1 fully saturated rings. The van der Waals surface area contributed by atoms with Crippen LogP contribution in [0.15, 0.2) is 78.9 Å². The summed E-state index contributed by atoms with van der Waals surface area (Å²) in [6.45, 7) is 0. The molecule has 158 valence electrons. The molecular weight excluding hydrogens is 428 g/mol. The average Bonchev–Trinajstić information content (AvgIpc) is 3.60. The molecule has 4 nitrogen and oxygen atoms in total. The number of amides is 2. The number of benzene rings is 3. The van der Waals surface area contributed by atoms with Gasteiger partial charge >= 0.3 is 0 Å². The number of thioether (sulfide) groups is 1. The zero-order valence-corrected chi connectivity index (χ0v) is 18.5. The van der Waals surface area contributed by atoms with E-state index in [-0.39, 0.29) is 17.1 Å². The third-order valence-corrected chi connectivity index (χ3v) is 6.56. The van der Waals surface area contributed by atoms with E-state index in [2.05, 4.69) is 22.8 Å². The largest absolute Gasteiger partial charge is 0.349 e. The van der Waals surface area contributed by atoms with Gasteiger partial charge in [0.05, 0.1) is 11.0 Å². The minimum atomic E-state index is -0.0879. The first-order valence-electron chi connectivity index (χ1n) is 10.2. The summed E-state index contributed by atoms with van der Waals surface area (Å²) < 4.78 is 0. The van der Waals surface area contributed by atoms with Crippen molar-refractivity contribution in [3.8, 4) is 0 Å². The predicted molar refractivity (Wildman–Crippen MR) is 128 cm³/mol. The van der Waals surface area contributed by atoms with Crippen LogP contribution in [-0.4, -0.2) is 23.6 Å². The molecule has 0 bridgehead atoms. The molecular formula is C25H23ClN2O2S. The number of carbonyl (C=O) groups excluding carboxylic acids is 2. The van der Waals surface area contributed by atoms with Crippen molar-refractivity contribution in [2.75, 3.05) is 11.1 Å². The number of hydrogen-bond donors (Lipinski definition) is 2. The molecule has 3 aromatic carbocycles. The molecule has 0 aliphatic heterocycles. The maximum absolute atomic E-state index is 12.6. The monoisotopic (exact) mass is 450 g/mol. The van der Waals surface area contributed by atoms with E-state index in [1.807, 2.05) is 42.5 Å². The summed E-state index contributed by atoms with van der Waals surface area (Å²) in [5, 5.41) is 6.59. The fourth-order valence-corrected chi connectivity index (χ4v) is 4.42. The van der Waals surface area contributed by atoms with Gasteiger partial charge in [0.25, 0.3) is 5.91 Å². The second-order valence-corrected chi connectivity index (χ2v) is 9.06. The van der Waals surface area contributed by atoms with Gasteiger partial charge in [-0.15, -0.1) is 11.8 Å². The molecule has 0 spiro atoms. The second kappa shape index (κ2) is 10.0. The molecule has 0 aromatic heterocycles. The zero-order chi connectivity index (χ0) is 21.6. The van der Waals surface area contributed by atoms with Crippen molar-refractivity contribution in [2.24, 2.45) is 0 Å². The summed E-state index contributed by atoms with van der Waals surface area (Å²) in [6, 6.07) is 25.2. The molecule has 2 amide bonds. The lowest BCUT2D eigenvalue weighted by molar-refractivity contribution is -0.113. The smallest absolute Gasteiger partial charge is 0.251 e. The van der Waals surface area contributed by atoms with Gasteiger partial charge in [-0.2, -0.15) is 0 Å². The van der Waals surface area contributed by atoms with Crippen LogP contribution in [0.5, 0.6) is 0 Å². The number of carbonyl (C=O) groups is 2. The van der Waals surface area contributed by atoms with E-state index >= 15 is 0 Å². The topological polar surface area (TPSA) is 58.2 Å². The molecule has 1 aliphatic carbocycles. The molecule has 2 N–H and O–H groups in total.